The lowest BCUT2D eigenvalue weighted by atomic mass is 9.93. The van der Waals surface area contributed by atoms with Gasteiger partial charge in [0.1, 0.15) is 0 Å². The van der Waals surface area contributed by atoms with Crippen LogP contribution in [0.4, 0.5) is 17.1 Å². The number of nitrogens with zero attached hydrogens (tertiary/aromatic N) is 2. The molecule has 2 aromatic heterocycles. The first-order valence-corrected chi connectivity index (χ1v) is 18.4. The molecule has 2 nitrogen and oxygen atoms in total. The fourth-order valence-corrected chi connectivity index (χ4v) is 8.92. The molecular formula is C49H32N2S. The fraction of sp³-hybridized carbons (Fsp3) is 0. The van der Waals surface area contributed by atoms with Crippen LogP contribution in [0.3, 0.4) is 0 Å². The Morgan fingerprint density at radius 1 is 0.404 bits per heavy atom. The molecule has 0 spiro atoms. The van der Waals surface area contributed by atoms with Gasteiger partial charge >= 0.3 is 0 Å². The normalized spacial score (nSPS) is 11.5. The van der Waals surface area contributed by atoms with Gasteiger partial charge in [-0.1, -0.05) is 140 Å². The smallest absolute Gasteiger partial charge is 0.0540 e. The summed E-state index contributed by atoms with van der Waals surface area (Å²) in [6, 6.07) is 66.0. The van der Waals surface area contributed by atoms with Crippen LogP contribution in [0.15, 0.2) is 194 Å². The van der Waals surface area contributed by atoms with E-state index in [-0.39, 0.29) is 0 Å². The van der Waals surface area contributed by atoms with Gasteiger partial charge in [-0.15, -0.1) is 11.3 Å². The Labute approximate surface area is 306 Å². The van der Waals surface area contributed by atoms with E-state index in [0.717, 1.165) is 17.1 Å². The molecule has 244 valence electrons. The molecule has 0 aliphatic heterocycles. The number of hydrogen-bond acceptors (Lipinski definition) is 3. The van der Waals surface area contributed by atoms with Gasteiger partial charge in [0.05, 0.1) is 10.4 Å². The topological polar surface area (TPSA) is 16.1 Å². The van der Waals surface area contributed by atoms with Crippen LogP contribution >= 0.6 is 11.3 Å². The maximum Gasteiger partial charge on any atom is 0.0540 e. The second-order valence-corrected chi connectivity index (χ2v) is 14.2. The molecule has 0 saturated heterocycles. The van der Waals surface area contributed by atoms with Gasteiger partial charge in [0.25, 0.3) is 0 Å². The third-order valence-corrected chi connectivity index (χ3v) is 11.4. The first kappa shape index (κ1) is 30.3. The highest BCUT2D eigenvalue weighted by Crippen LogP contribution is 2.44. The van der Waals surface area contributed by atoms with Crippen molar-refractivity contribution in [3.05, 3.63) is 194 Å². The van der Waals surface area contributed by atoms with Crippen molar-refractivity contribution < 1.29 is 0 Å². The lowest BCUT2D eigenvalue weighted by molar-refractivity contribution is 1.28. The number of anilines is 3. The van der Waals surface area contributed by atoms with Crippen molar-refractivity contribution in [1.82, 2.24) is 4.98 Å². The van der Waals surface area contributed by atoms with Gasteiger partial charge in [-0.2, -0.15) is 0 Å². The molecule has 0 aliphatic rings. The average molecular weight is 681 g/mol. The molecule has 0 fully saturated rings. The summed E-state index contributed by atoms with van der Waals surface area (Å²) in [5.41, 5.74) is 10.6. The maximum absolute atomic E-state index is 4.38. The average Bonchev–Trinajstić information content (AvgIpc) is 3.61. The van der Waals surface area contributed by atoms with Crippen molar-refractivity contribution in [1.29, 1.82) is 0 Å². The van der Waals surface area contributed by atoms with Crippen LogP contribution in [0.5, 0.6) is 0 Å². The van der Waals surface area contributed by atoms with E-state index in [9.17, 15) is 0 Å². The molecule has 0 unspecified atom stereocenters. The van der Waals surface area contributed by atoms with Gasteiger partial charge in [0.2, 0.25) is 0 Å². The van der Waals surface area contributed by atoms with E-state index in [1.807, 2.05) is 23.7 Å². The van der Waals surface area contributed by atoms with E-state index in [4.69, 9.17) is 0 Å². The monoisotopic (exact) mass is 680 g/mol. The highest BCUT2D eigenvalue weighted by molar-refractivity contribution is 7.26. The Hall–Kier alpha value is -6.55. The standard InChI is InChI=1S/C49H32N2S/c1-2-11-33(12-3-1)40-15-8-9-20-47(40)51(37-25-21-34(22-26-37)41-18-10-19-45-44-29-30-50-32-48(44)52-49(41)45)38-27-23-35(24-28-38)46-31-36-13-4-5-14-39(36)42-16-6-7-17-43(42)46/h1-32H. The second kappa shape index (κ2) is 12.6. The summed E-state index contributed by atoms with van der Waals surface area (Å²) < 4.78 is 2.51. The highest BCUT2D eigenvalue weighted by atomic mass is 32.1. The number of para-hydroxylation sites is 1. The number of rotatable bonds is 6. The molecule has 3 heteroatoms. The van der Waals surface area contributed by atoms with E-state index < -0.39 is 0 Å². The number of pyridine rings is 1. The molecule has 0 amide bonds. The van der Waals surface area contributed by atoms with Gasteiger partial charge < -0.3 is 4.90 Å². The summed E-state index contributed by atoms with van der Waals surface area (Å²) >= 11 is 1.81. The lowest BCUT2D eigenvalue weighted by Gasteiger charge is -2.28. The van der Waals surface area contributed by atoms with Gasteiger partial charge in [0.15, 0.2) is 0 Å². The SMILES string of the molecule is c1ccc(-c2ccccc2N(c2ccc(-c3cc4ccccc4c4ccccc34)cc2)c2ccc(-c3cccc4c3sc3cnccc34)cc2)cc1. The van der Waals surface area contributed by atoms with Crippen LogP contribution in [0.2, 0.25) is 0 Å². The molecule has 0 N–H and O–H groups in total. The summed E-state index contributed by atoms with van der Waals surface area (Å²) in [7, 11) is 0. The van der Waals surface area contributed by atoms with E-state index in [1.165, 1.54) is 75.1 Å². The third-order valence-electron chi connectivity index (χ3n) is 10.2. The van der Waals surface area contributed by atoms with Crippen molar-refractivity contribution >= 4 is 70.1 Å². The predicted octanol–water partition coefficient (Wildman–Crippen LogP) is 14.2. The summed E-state index contributed by atoms with van der Waals surface area (Å²) in [4.78, 5) is 6.77. The minimum atomic E-state index is 1.10. The van der Waals surface area contributed by atoms with Gasteiger partial charge in [-0.3, -0.25) is 4.98 Å². The Morgan fingerprint density at radius 2 is 1.00 bits per heavy atom. The van der Waals surface area contributed by atoms with Gasteiger partial charge in [-0.25, -0.2) is 0 Å². The van der Waals surface area contributed by atoms with Crippen molar-refractivity contribution in [2.24, 2.45) is 0 Å². The number of aromatic nitrogens is 1. The van der Waals surface area contributed by atoms with E-state index in [0.29, 0.717) is 0 Å². The fourth-order valence-electron chi connectivity index (χ4n) is 7.71. The van der Waals surface area contributed by atoms with Crippen molar-refractivity contribution in [2.75, 3.05) is 4.90 Å². The van der Waals surface area contributed by atoms with Crippen LogP contribution in [0.25, 0.3) is 75.1 Å². The summed E-state index contributed by atoms with van der Waals surface area (Å²) in [5.74, 6) is 0. The Kier molecular flexibility index (Phi) is 7.37. The van der Waals surface area contributed by atoms with E-state index in [1.54, 1.807) is 0 Å². The van der Waals surface area contributed by atoms with Crippen LogP contribution in [0, 0.1) is 0 Å². The molecule has 0 radical (unpaired) electrons. The second-order valence-electron chi connectivity index (χ2n) is 13.2. The van der Waals surface area contributed by atoms with E-state index >= 15 is 0 Å². The molecule has 10 rings (SSSR count). The largest absolute Gasteiger partial charge is 0.310 e. The minimum absolute atomic E-state index is 1.10. The molecule has 0 saturated carbocycles. The van der Waals surface area contributed by atoms with E-state index in [2.05, 4.69) is 192 Å². The van der Waals surface area contributed by atoms with Crippen molar-refractivity contribution in [2.45, 2.75) is 0 Å². The van der Waals surface area contributed by atoms with Crippen LogP contribution in [0.1, 0.15) is 0 Å². The lowest BCUT2D eigenvalue weighted by Crippen LogP contribution is -2.11. The Bertz CT molecular complexity index is 2890. The quantitative estimate of drug-likeness (QED) is 0.163. The minimum Gasteiger partial charge on any atom is -0.310 e. The number of benzene rings is 8. The van der Waals surface area contributed by atoms with Crippen LogP contribution in [-0.2, 0) is 0 Å². The maximum atomic E-state index is 4.38. The van der Waals surface area contributed by atoms with Crippen LogP contribution in [-0.4, -0.2) is 4.98 Å². The van der Waals surface area contributed by atoms with Crippen LogP contribution < -0.4 is 4.90 Å². The molecular weight excluding hydrogens is 649 g/mol. The number of hydrogen-bond donors (Lipinski definition) is 0. The number of thiophene rings is 1. The van der Waals surface area contributed by atoms with Crippen molar-refractivity contribution in [3.63, 3.8) is 0 Å². The van der Waals surface area contributed by atoms with Gasteiger partial charge in [-0.05, 0) is 91.8 Å². The summed E-state index contributed by atoms with van der Waals surface area (Å²) in [6.45, 7) is 0. The zero-order chi connectivity index (χ0) is 34.4. The third kappa shape index (κ3) is 5.14. The first-order chi connectivity index (χ1) is 25.8. The zero-order valence-corrected chi connectivity index (χ0v) is 29.1. The molecule has 10 aromatic rings. The Balaban J connectivity index is 1.11. The Morgan fingerprint density at radius 3 is 1.79 bits per heavy atom. The zero-order valence-electron chi connectivity index (χ0n) is 28.3. The predicted molar refractivity (Wildman–Crippen MR) is 223 cm³/mol. The molecule has 0 aliphatic carbocycles. The molecule has 8 aromatic carbocycles. The molecule has 2 heterocycles. The first-order valence-electron chi connectivity index (χ1n) is 17.6. The summed E-state index contributed by atoms with van der Waals surface area (Å²) in [5, 5.41) is 7.62. The van der Waals surface area contributed by atoms with Crippen molar-refractivity contribution in [3.8, 4) is 33.4 Å². The number of fused-ring (bicyclic) bond motifs is 6. The van der Waals surface area contributed by atoms with Gasteiger partial charge in [0, 0.05) is 44.8 Å². The molecule has 0 atom stereocenters. The molecule has 52 heavy (non-hydrogen) atoms. The summed E-state index contributed by atoms with van der Waals surface area (Å²) in [6.07, 6.45) is 3.86. The molecule has 0 bridgehead atoms. The highest BCUT2D eigenvalue weighted by Gasteiger charge is 2.19.